The maximum absolute atomic E-state index is 12.4. The van der Waals surface area contributed by atoms with E-state index in [1.165, 1.54) is 55.9 Å². The van der Waals surface area contributed by atoms with Gasteiger partial charge >= 0.3 is 0 Å². The molecule has 0 unspecified atom stereocenters. The fraction of sp³-hybridized carbons (Fsp3) is 0.591. The summed E-state index contributed by atoms with van der Waals surface area (Å²) in [4.78, 5) is 12.4. The zero-order valence-corrected chi connectivity index (χ0v) is 16.6. The van der Waals surface area contributed by atoms with Gasteiger partial charge in [-0.15, -0.1) is 10.2 Å². The molecule has 4 saturated carbocycles. The van der Waals surface area contributed by atoms with E-state index in [4.69, 9.17) is 4.42 Å². The number of carbonyl (C=O) groups is 1. The third-order valence-electron chi connectivity index (χ3n) is 6.91. The van der Waals surface area contributed by atoms with Gasteiger partial charge in [0.05, 0.1) is 5.75 Å². The van der Waals surface area contributed by atoms with Gasteiger partial charge in [-0.2, -0.15) is 0 Å². The Kier molecular flexibility index (Phi) is 4.38. The number of ketones is 1. The molecule has 5 heteroatoms. The Balaban J connectivity index is 1.25. The number of Topliss-reactive ketones (excluding diaryl/α,β-unsaturated/α-hetero) is 1. The zero-order valence-electron chi connectivity index (χ0n) is 15.8. The molecule has 6 rings (SSSR count). The lowest BCUT2D eigenvalue weighted by atomic mass is 9.49. The van der Waals surface area contributed by atoms with E-state index in [0.29, 0.717) is 11.0 Å². The number of nitrogens with zero attached hydrogens (tertiary/aromatic N) is 2. The van der Waals surface area contributed by atoms with Crippen LogP contribution < -0.4 is 0 Å². The van der Waals surface area contributed by atoms with Gasteiger partial charge in [-0.25, -0.2) is 0 Å². The molecular formula is C22H26N2O2S. The minimum Gasteiger partial charge on any atom is -0.415 e. The molecular weight excluding hydrogens is 356 g/mol. The third kappa shape index (κ3) is 3.24. The smallest absolute Gasteiger partial charge is 0.277 e. The molecule has 4 fully saturated rings. The van der Waals surface area contributed by atoms with Crippen LogP contribution in [-0.2, 0) is 11.8 Å². The molecule has 0 spiro atoms. The van der Waals surface area contributed by atoms with Gasteiger partial charge in [0.25, 0.3) is 5.22 Å². The van der Waals surface area contributed by atoms with E-state index in [0.717, 1.165) is 35.6 Å². The number of thioether (sulfide) groups is 1. The number of hydrogen-bond acceptors (Lipinski definition) is 5. The molecule has 4 aliphatic rings. The van der Waals surface area contributed by atoms with Gasteiger partial charge in [0, 0.05) is 11.0 Å². The Hall–Kier alpha value is -1.62. The van der Waals surface area contributed by atoms with Gasteiger partial charge in [-0.3, -0.25) is 4.79 Å². The topological polar surface area (TPSA) is 56.0 Å². The van der Waals surface area contributed by atoms with E-state index < -0.39 is 0 Å². The van der Waals surface area contributed by atoms with E-state index in [1.807, 2.05) is 24.3 Å². The summed E-state index contributed by atoms with van der Waals surface area (Å²) >= 11 is 1.37. The molecule has 1 aromatic heterocycles. The molecule has 0 amide bonds. The quantitative estimate of drug-likeness (QED) is 0.515. The van der Waals surface area contributed by atoms with E-state index >= 15 is 0 Å². The maximum Gasteiger partial charge on any atom is 0.277 e. The summed E-state index contributed by atoms with van der Waals surface area (Å²) < 4.78 is 6.08. The van der Waals surface area contributed by atoms with Crippen molar-refractivity contribution in [3.8, 4) is 0 Å². The molecule has 0 N–H and O–H groups in total. The molecule has 27 heavy (non-hydrogen) atoms. The lowest BCUT2D eigenvalue weighted by Crippen LogP contribution is -2.48. The van der Waals surface area contributed by atoms with Crippen LogP contribution >= 0.6 is 11.8 Å². The molecule has 0 atom stereocenters. The van der Waals surface area contributed by atoms with Gasteiger partial charge < -0.3 is 4.42 Å². The maximum atomic E-state index is 12.4. The zero-order chi connectivity index (χ0) is 18.4. The standard InChI is InChI=1S/C22H26N2O2S/c1-2-14-3-5-18(6-4-14)19(25)13-27-21-24-23-20(26-21)22-10-15-7-16(11-22)9-17(8-15)12-22/h3-6,15-17H,2,7-13H2,1H3. The number of aromatic nitrogens is 2. The Morgan fingerprint density at radius 2 is 1.70 bits per heavy atom. The highest BCUT2D eigenvalue weighted by atomic mass is 32.2. The summed E-state index contributed by atoms with van der Waals surface area (Å²) in [5.74, 6) is 3.85. The van der Waals surface area contributed by atoms with Crippen molar-refractivity contribution in [1.82, 2.24) is 10.2 Å². The average molecular weight is 383 g/mol. The molecule has 1 aromatic carbocycles. The Labute approximate surface area is 164 Å². The molecule has 4 aliphatic carbocycles. The first-order valence-corrected chi connectivity index (χ1v) is 11.2. The normalized spacial score (nSPS) is 31.4. The molecule has 1 heterocycles. The highest BCUT2D eigenvalue weighted by Crippen LogP contribution is 2.60. The van der Waals surface area contributed by atoms with Crippen molar-refractivity contribution in [3.05, 3.63) is 41.3 Å². The van der Waals surface area contributed by atoms with Crippen molar-refractivity contribution >= 4 is 17.5 Å². The van der Waals surface area contributed by atoms with Crippen molar-refractivity contribution in [2.24, 2.45) is 17.8 Å². The van der Waals surface area contributed by atoms with Gasteiger partial charge in [-0.1, -0.05) is 43.0 Å². The van der Waals surface area contributed by atoms with Gasteiger partial charge in [-0.05, 0) is 68.3 Å². The summed E-state index contributed by atoms with van der Waals surface area (Å²) in [6.07, 6.45) is 8.84. The van der Waals surface area contributed by atoms with Crippen LogP contribution in [0.5, 0.6) is 0 Å². The van der Waals surface area contributed by atoms with Crippen molar-refractivity contribution < 1.29 is 9.21 Å². The number of aryl methyl sites for hydroxylation is 1. The molecule has 4 nitrogen and oxygen atoms in total. The monoisotopic (exact) mass is 382 g/mol. The minimum atomic E-state index is 0.109. The Morgan fingerprint density at radius 1 is 1.07 bits per heavy atom. The Bertz CT molecular complexity index is 807. The first kappa shape index (κ1) is 17.5. The fourth-order valence-electron chi connectivity index (χ4n) is 5.99. The van der Waals surface area contributed by atoms with Crippen LogP contribution in [0, 0.1) is 17.8 Å². The summed E-state index contributed by atoms with van der Waals surface area (Å²) in [7, 11) is 0. The number of rotatable bonds is 6. The van der Waals surface area contributed by atoms with Crippen LogP contribution in [0.1, 0.15) is 67.3 Å². The molecule has 142 valence electrons. The molecule has 4 bridgehead atoms. The van der Waals surface area contributed by atoms with Gasteiger partial charge in [0.2, 0.25) is 5.89 Å². The third-order valence-corrected chi connectivity index (χ3v) is 7.73. The van der Waals surface area contributed by atoms with Gasteiger partial charge in [0.1, 0.15) is 0 Å². The van der Waals surface area contributed by atoms with Crippen LogP contribution in [0.2, 0.25) is 0 Å². The lowest BCUT2D eigenvalue weighted by molar-refractivity contribution is -0.0191. The summed E-state index contributed by atoms with van der Waals surface area (Å²) in [5, 5.41) is 9.23. The lowest BCUT2D eigenvalue weighted by Gasteiger charge is -2.55. The largest absolute Gasteiger partial charge is 0.415 e. The van der Waals surface area contributed by atoms with Crippen LogP contribution in [0.25, 0.3) is 0 Å². The molecule has 0 saturated heterocycles. The van der Waals surface area contributed by atoms with E-state index in [1.54, 1.807) is 0 Å². The van der Waals surface area contributed by atoms with Crippen molar-refractivity contribution in [2.75, 3.05) is 5.75 Å². The SMILES string of the molecule is CCc1ccc(C(=O)CSc2nnc(C34CC5CC(CC(C5)C3)C4)o2)cc1. The van der Waals surface area contributed by atoms with E-state index in [2.05, 4.69) is 17.1 Å². The molecule has 0 aliphatic heterocycles. The van der Waals surface area contributed by atoms with Crippen LogP contribution in [-0.4, -0.2) is 21.7 Å². The second-order valence-electron chi connectivity index (χ2n) is 8.83. The second-order valence-corrected chi connectivity index (χ2v) is 9.76. The van der Waals surface area contributed by atoms with Crippen molar-refractivity contribution in [2.45, 2.75) is 62.5 Å². The van der Waals surface area contributed by atoms with Gasteiger partial charge in [0.15, 0.2) is 5.78 Å². The summed E-state index contributed by atoms with van der Waals surface area (Å²) in [6, 6.07) is 7.87. The highest BCUT2D eigenvalue weighted by Gasteiger charge is 2.54. The van der Waals surface area contributed by atoms with E-state index in [9.17, 15) is 4.79 Å². The van der Waals surface area contributed by atoms with E-state index in [-0.39, 0.29) is 11.2 Å². The van der Waals surface area contributed by atoms with Crippen molar-refractivity contribution in [1.29, 1.82) is 0 Å². The molecule has 2 aromatic rings. The van der Waals surface area contributed by atoms with Crippen LogP contribution in [0.15, 0.2) is 33.9 Å². The predicted molar refractivity (Wildman–Crippen MR) is 105 cm³/mol. The average Bonchev–Trinajstić information content (AvgIpc) is 3.15. The van der Waals surface area contributed by atoms with Crippen LogP contribution in [0.4, 0.5) is 0 Å². The minimum absolute atomic E-state index is 0.109. The number of hydrogen-bond donors (Lipinski definition) is 0. The van der Waals surface area contributed by atoms with Crippen LogP contribution in [0.3, 0.4) is 0 Å². The second kappa shape index (κ2) is 6.77. The fourth-order valence-corrected chi connectivity index (χ4v) is 6.65. The van der Waals surface area contributed by atoms with Crippen molar-refractivity contribution in [3.63, 3.8) is 0 Å². The molecule has 0 radical (unpaired) electrons. The predicted octanol–water partition coefficient (Wildman–Crippen LogP) is 5.07. The number of benzene rings is 1. The summed E-state index contributed by atoms with van der Waals surface area (Å²) in [6.45, 7) is 2.11. The Morgan fingerprint density at radius 3 is 2.30 bits per heavy atom. The highest BCUT2D eigenvalue weighted by molar-refractivity contribution is 7.99. The number of carbonyl (C=O) groups excluding carboxylic acids is 1. The first-order valence-electron chi connectivity index (χ1n) is 10.2. The summed E-state index contributed by atoms with van der Waals surface area (Å²) in [5.41, 5.74) is 2.12. The first-order chi connectivity index (χ1) is 13.1.